The van der Waals surface area contributed by atoms with Crippen molar-refractivity contribution in [1.29, 1.82) is 0 Å². The molecule has 2 N–H and O–H groups in total. The van der Waals surface area contributed by atoms with E-state index in [9.17, 15) is 0 Å². The van der Waals surface area contributed by atoms with Crippen LogP contribution in [0.5, 0.6) is 0 Å². The predicted octanol–water partition coefficient (Wildman–Crippen LogP) is 4.03. The lowest BCUT2D eigenvalue weighted by atomic mass is 10.2. The van der Waals surface area contributed by atoms with E-state index >= 15 is 0 Å². The van der Waals surface area contributed by atoms with E-state index in [1.165, 1.54) is 0 Å². The minimum atomic E-state index is 0.412. The molecule has 0 aromatic heterocycles. The van der Waals surface area contributed by atoms with Gasteiger partial charge in [0.05, 0.1) is 5.69 Å². The maximum atomic E-state index is 5.89. The lowest BCUT2D eigenvalue weighted by Gasteiger charge is -2.02. The van der Waals surface area contributed by atoms with Crippen molar-refractivity contribution in [1.82, 2.24) is 0 Å². The standard InChI is InChI=1S/C13H10Cl2N2/c14-10-4-1-3-9(7-10)13(16)17-12-6-2-5-11(15)8-12/h1-8H,(H2,16,17). The van der Waals surface area contributed by atoms with Crippen LogP contribution in [0, 0.1) is 0 Å². The third-order valence-corrected chi connectivity index (χ3v) is 2.65. The van der Waals surface area contributed by atoms with Crippen LogP contribution in [0.2, 0.25) is 10.0 Å². The molecule has 2 aromatic rings. The Morgan fingerprint density at radius 1 is 0.941 bits per heavy atom. The van der Waals surface area contributed by atoms with E-state index < -0.39 is 0 Å². The molecule has 0 amide bonds. The number of amidine groups is 1. The second-order valence-corrected chi connectivity index (χ2v) is 4.36. The van der Waals surface area contributed by atoms with E-state index in [1.54, 1.807) is 24.3 Å². The van der Waals surface area contributed by atoms with Crippen molar-refractivity contribution in [3.05, 3.63) is 64.1 Å². The van der Waals surface area contributed by atoms with Gasteiger partial charge in [-0.15, -0.1) is 0 Å². The second-order valence-electron chi connectivity index (χ2n) is 3.49. The fraction of sp³-hybridized carbons (Fsp3) is 0. The molecule has 0 heterocycles. The summed E-state index contributed by atoms with van der Waals surface area (Å²) < 4.78 is 0. The molecule has 2 nitrogen and oxygen atoms in total. The molecule has 0 aliphatic carbocycles. The highest BCUT2D eigenvalue weighted by atomic mass is 35.5. The van der Waals surface area contributed by atoms with Gasteiger partial charge in [0.25, 0.3) is 0 Å². The van der Waals surface area contributed by atoms with Gasteiger partial charge in [-0.3, -0.25) is 0 Å². The van der Waals surface area contributed by atoms with E-state index in [2.05, 4.69) is 4.99 Å². The molecule has 2 rings (SSSR count). The van der Waals surface area contributed by atoms with Crippen molar-refractivity contribution >= 4 is 34.7 Å². The van der Waals surface area contributed by atoms with Crippen LogP contribution in [0.1, 0.15) is 5.56 Å². The second kappa shape index (κ2) is 5.21. The average Bonchev–Trinajstić information content (AvgIpc) is 2.29. The minimum Gasteiger partial charge on any atom is -0.383 e. The first-order valence-corrected chi connectivity index (χ1v) is 5.76. The fourth-order valence-corrected chi connectivity index (χ4v) is 1.77. The average molecular weight is 265 g/mol. The number of hydrogen-bond acceptors (Lipinski definition) is 1. The van der Waals surface area contributed by atoms with E-state index in [4.69, 9.17) is 28.9 Å². The highest BCUT2D eigenvalue weighted by Crippen LogP contribution is 2.19. The Balaban J connectivity index is 2.34. The topological polar surface area (TPSA) is 38.4 Å². The minimum absolute atomic E-state index is 0.412. The lowest BCUT2D eigenvalue weighted by molar-refractivity contribution is 1.45. The predicted molar refractivity (Wildman–Crippen MR) is 73.3 cm³/mol. The summed E-state index contributed by atoms with van der Waals surface area (Å²) in [5.74, 6) is 0.412. The molecule has 0 unspecified atom stereocenters. The van der Waals surface area contributed by atoms with Crippen molar-refractivity contribution < 1.29 is 0 Å². The Hall–Kier alpha value is -1.51. The molecule has 0 aliphatic rings. The molecule has 0 aliphatic heterocycles. The van der Waals surface area contributed by atoms with Crippen LogP contribution in [0.3, 0.4) is 0 Å². The molecule has 0 atom stereocenters. The number of benzene rings is 2. The third kappa shape index (κ3) is 3.22. The summed E-state index contributed by atoms with van der Waals surface area (Å²) >= 11 is 11.8. The monoisotopic (exact) mass is 264 g/mol. The van der Waals surface area contributed by atoms with Crippen LogP contribution < -0.4 is 5.73 Å². The van der Waals surface area contributed by atoms with Crippen molar-refractivity contribution in [3.8, 4) is 0 Å². The van der Waals surface area contributed by atoms with Gasteiger partial charge in [-0.25, -0.2) is 4.99 Å². The third-order valence-electron chi connectivity index (χ3n) is 2.18. The van der Waals surface area contributed by atoms with Gasteiger partial charge in [0.2, 0.25) is 0 Å². The zero-order valence-electron chi connectivity index (χ0n) is 8.90. The van der Waals surface area contributed by atoms with Crippen molar-refractivity contribution in [2.45, 2.75) is 0 Å². The summed E-state index contributed by atoms with van der Waals surface area (Å²) in [5.41, 5.74) is 7.40. The molecule has 0 bridgehead atoms. The fourth-order valence-electron chi connectivity index (χ4n) is 1.40. The Morgan fingerprint density at radius 3 is 2.24 bits per heavy atom. The first-order chi connectivity index (χ1) is 8.15. The molecule has 0 saturated carbocycles. The van der Waals surface area contributed by atoms with Crippen LogP contribution in [-0.2, 0) is 0 Å². The lowest BCUT2D eigenvalue weighted by Crippen LogP contribution is -2.12. The van der Waals surface area contributed by atoms with E-state index in [0.717, 1.165) is 11.3 Å². The summed E-state index contributed by atoms with van der Waals surface area (Å²) in [5, 5.41) is 1.26. The Morgan fingerprint density at radius 2 is 1.59 bits per heavy atom. The van der Waals surface area contributed by atoms with Gasteiger partial charge >= 0.3 is 0 Å². The first-order valence-electron chi connectivity index (χ1n) is 5.01. The maximum Gasteiger partial charge on any atom is 0.131 e. The van der Waals surface area contributed by atoms with Gasteiger partial charge in [0.15, 0.2) is 0 Å². The van der Waals surface area contributed by atoms with Crippen LogP contribution in [0.15, 0.2) is 53.5 Å². The number of halogens is 2. The Kier molecular flexibility index (Phi) is 3.67. The highest BCUT2D eigenvalue weighted by molar-refractivity contribution is 6.31. The largest absolute Gasteiger partial charge is 0.383 e. The van der Waals surface area contributed by atoms with E-state index in [0.29, 0.717) is 15.9 Å². The molecule has 0 fully saturated rings. The van der Waals surface area contributed by atoms with Gasteiger partial charge in [0, 0.05) is 15.6 Å². The zero-order valence-corrected chi connectivity index (χ0v) is 10.4. The number of aliphatic imine (C=N–C) groups is 1. The highest BCUT2D eigenvalue weighted by Gasteiger charge is 2.00. The molecule has 0 radical (unpaired) electrons. The number of nitrogens with two attached hydrogens (primary N) is 1. The summed E-state index contributed by atoms with van der Waals surface area (Å²) in [4.78, 5) is 4.28. The van der Waals surface area contributed by atoms with Crippen LogP contribution in [0.4, 0.5) is 5.69 Å². The summed E-state index contributed by atoms with van der Waals surface area (Å²) in [6, 6.07) is 14.4. The summed E-state index contributed by atoms with van der Waals surface area (Å²) in [6.07, 6.45) is 0. The molecular weight excluding hydrogens is 255 g/mol. The molecule has 17 heavy (non-hydrogen) atoms. The number of rotatable bonds is 2. The first kappa shape index (κ1) is 12.0. The number of hydrogen-bond donors (Lipinski definition) is 1. The van der Waals surface area contributed by atoms with Crippen LogP contribution in [0.25, 0.3) is 0 Å². The molecule has 0 spiro atoms. The van der Waals surface area contributed by atoms with Gasteiger partial charge in [0.1, 0.15) is 5.84 Å². The summed E-state index contributed by atoms with van der Waals surface area (Å²) in [7, 11) is 0. The van der Waals surface area contributed by atoms with Gasteiger partial charge in [-0.1, -0.05) is 41.4 Å². The molecule has 4 heteroatoms. The molecular formula is C13H10Cl2N2. The van der Waals surface area contributed by atoms with Crippen LogP contribution >= 0.6 is 23.2 Å². The maximum absolute atomic E-state index is 5.89. The Bertz CT molecular complexity index is 565. The van der Waals surface area contributed by atoms with E-state index in [-0.39, 0.29) is 0 Å². The van der Waals surface area contributed by atoms with Crippen molar-refractivity contribution in [2.75, 3.05) is 0 Å². The van der Waals surface area contributed by atoms with Gasteiger partial charge < -0.3 is 5.73 Å². The molecule has 2 aromatic carbocycles. The van der Waals surface area contributed by atoms with Crippen molar-refractivity contribution in [3.63, 3.8) is 0 Å². The smallest absolute Gasteiger partial charge is 0.131 e. The molecule has 0 saturated heterocycles. The van der Waals surface area contributed by atoms with Crippen LogP contribution in [-0.4, -0.2) is 5.84 Å². The normalized spacial score (nSPS) is 11.5. The quantitative estimate of drug-likeness (QED) is 0.646. The summed E-state index contributed by atoms with van der Waals surface area (Å²) in [6.45, 7) is 0. The van der Waals surface area contributed by atoms with Gasteiger partial charge in [-0.2, -0.15) is 0 Å². The van der Waals surface area contributed by atoms with E-state index in [1.807, 2.05) is 24.3 Å². The molecule has 86 valence electrons. The zero-order chi connectivity index (χ0) is 12.3. The SMILES string of the molecule is NC(=Nc1cccc(Cl)c1)c1cccc(Cl)c1. The Labute approximate surface area is 110 Å². The number of nitrogens with zero attached hydrogens (tertiary/aromatic N) is 1. The van der Waals surface area contributed by atoms with Crippen molar-refractivity contribution in [2.24, 2.45) is 10.7 Å². The van der Waals surface area contributed by atoms with Gasteiger partial charge in [-0.05, 0) is 30.3 Å².